The molecule has 0 unspecified atom stereocenters. The number of carbonyl (C=O) groups is 1. The molecule has 3 atom stereocenters. The van der Waals surface area contributed by atoms with Crippen LogP contribution in [0.1, 0.15) is 46.5 Å². The van der Waals surface area contributed by atoms with Gasteiger partial charge in [0.2, 0.25) is 5.91 Å². The fraction of sp³-hybridized carbons (Fsp3) is 0.933. The fourth-order valence-corrected chi connectivity index (χ4v) is 2.88. The summed E-state index contributed by atoms with van der Waals surface area (Å²) >= 11 is 0. The molecule has 4 nitrogen and oxygen atoms in total. The second-order valence-corrected chi connectivity index (χ2v) is 6.21. The summed E-state index contributed by atoms with van der Waals surface area (Å²) in [6, 6.07) is 0.717. The number of piperidine rings is 1. The predicted molar refractivity (Wildman–Crippen MR) is 80.3 cm³/mol. The number of amides is 1. The number of nitrogens with one attached hydrogen (secondary N) is 1. The Morgan fingerprint density at radius 2 is 1.89 bits per heavy atom. The van der Waals surface area contributed by atoms with E-state index in [1.54, 1.807) is 0 Å². The average Bonchev–Trinajstić information content (AvgIpc) is 2.33. The Morgan fingerprint density at radius 3 is 2.42 bits per heavy atom. The molecule has 1 saturated heterocycles. The molecule has 1 aliphatic rings. The van der Waals surface area contributed by atoms with E-state index >= 15 is 0 Å². The molecule has 0 aromatic heterocycles. The van der Waals surface area contributed by atoms with Gasteiger partial charge in [0.15, 0.2) is 0 Å². The van der Waals surface area contributed by atoms with Crippen LogP contribution in [0.3, 0.4) is 0 Å². The minimum atomic E-state index is -0.0647. The first kappa shape index (κ1) is 16.4. The number of carbonyl (C=O) groups excluding carboxylic acids is 1. The van der Waals surface area contributed by atoms with Crippen LogP contribution in [0.15, 0.2) is 0 Å². The van der Waals surface area contributed by atoms with E-state index in [1.165, 1.54) is 6.42 Å². The van der Waals surface area contributed by atoms with Crippen molar-refractivity contribution in [3.8, 4) is 0 Å². The Kier molecular flexibility index (Phi) is 6.80. The molecule has 1 heterocycles. The quantitative estimate of drug-likeness (QED) is 0.746. The van der Waals surface area contributed by atoms with Crippen molar-refractivity contribution in [2.24, 2.45) is 0 Å². The monoisotopic (exact) mass is 269 g/mol. The topological polar surface area (TPSA) is 35.6 Å². The van der Waals surface area contributed by atoms with Gasteiger partial charge in [0.05, 0.1) is 6.04 Å². The molecule has 1 aliphatic heterocycles. The van der Waals surface area contributed by atoms with Crippen molar-refractivity contribution in [2.75, 3.05) is 27.2 Å². The highest BCUT2D eigenvalue weighted by atomic mass is 16.2. The third kappa shape index (κ3) is 5.11. The summed E-state index contributed by atoms with van der Waals surface area (Å²) in [7, 11) is 4.15. The SMILES string of the molecule is C[C@H](NCCCN(C)C)C(=O)N1[C@H](C)CCC[C@H]1C. The number of likely N-dealkylation sites (tertiary alicyclic amines) is 1. The van der Waals surface area contributed by atoms with E-state index in [9.17, 15) is 4.79 Å². The van der Waals surface area contributed by atoms with Crippen LogP contribution in [-0.2, 0) is 4.79 Å². The maximum absolute atomic E-state index is 12.5. The van der Waals surface area contributed by atoms with Crippen LogP contribution in [-0.4, -0.2) is 61.0 Å². The molecule has 0 aromatic carbocycles. The molecule has 1 amide bonds. The van der Waals surface area contributed by atoms with E-state index in [1.807, 2.05) is 6.92 Å². The zero-order valence-electron chi connectivity index (χ0n) is 13.3. The van der Waals surface area contributed by atoms with Gasteiger partial charge in [-0.3, -0.25) is 4.79 Å². The van der Waals surface area contributed by atoms with Crippen LogP contribution in [0.2, 0.25) is 0 Å². The van der Waals surface area contributed by atoms with Gasteiger partial charge < -0.3 is 15.1 Å². The van der Waals surface area contributed by atoms with Gasteiger partial charge in [0.25, 0.3) is 0 Å². The van der Waals surface area contributed by atoms with Gasteiger partial charge in [-0.25, -0.2) is 0 Å². The molecule has 1 rings (SSSR count). The first-order valence-electron chi connectivity index (χ1n) is 7.63. The lowest BCUT2D eigenvalue weighted by atomic mass is 9.96. The van der Waals surface area contributed by atoms with Crippen molar-refractivity contribution in [1.29, 1.82) is 0 Å². The van der Waals surface area contributed by atoms with E-state index in [0.29, 0.717) is 12.1 Å². The molecule has 0 spiro atoms. The summed E-state index contributed by atoms with van der Waals surface area (Å²) < 4.78 is 0. The van der Waals surface area contributed by atoms with Crippen LogP contribution in [0, 0.1) is 0 Å². The van der Waals surface area contributed by atoms with Gasteiger partial charge >= 0.3 is 0 Å². The van der Waals surface area contributed by atoms with Gasteiger partial charge in [-0.15, -0.1) is 0 Å². The molecule has 0 radical (unpaired) electrons. The molecule has 1 N–H and O–H groups in total. The smallest absolute Gasteiger partial charge is 0.239 e. The zero-order chi connectivity index (χ0) is 14.4. The lowest BCUT2D eigenvalue weighted by Gasteiger charge is -2.40. The fourth-order valence-electron chi connectivity index (χ4n) is 2.88. The number of nitrogens with zero attached hydrogens (tertiary/aromatic N) is 2. The number of rotatable bonds is 6. The average molecular weight is 269 g/mol. The third-order valence-corrected chi connectivity index (χ3v) is 4.05. The Morgan fingerprint density at radius 1 is 1.32 bits per heavy atom. The Hall–Kier alpha value is -0.610. The molecule has 112 valence electrons. The number of hydrogen-bond donors (Lipinski definition) is 1. The first-order valence-corrected chi connectivity index (χ1v) is 7.63. The van der Waals surface area contributed by atoms with Crippen molar-refractivity contribution in [1.82, 2.24) is 15.1 Å². The molecule has 0 aromatic rings. The van der Waals surface area contributed by atoms with Crippen molar-refractivity contribution in [3.05, 3.63) is 0 Å². The molecule has 0 saturated carbocycles. The van der Waals surface area contributed by atoms with Crippen LogP contribution in [0.4, 0.5) is 0 Å². The van der Waals surface area contributed by atoms with Crippen LogP contribution < -0.4 is 5.32 Å². The molecule has 0 bridgehead atoms. The maximum Gasteiger partial charge on any atom is 0.239 e. The molecule has 1 fully saturated rings. The van der Waals surface area contributed by atoms with Crippen LogP contribution in [0.5, 0.6) is 0 Å². The van der Waals surface area contributed by atoms with Crippen molar-refractivity contribution >= 4 is 5.91 Å². The summed E-state index contributed by atoms with van der Waals surface area (Å²) in [6.07, 6.45) is 4.61. The molecular weight excluding hydrogens is 238 g/mol. The molecule has 0 aliphatic carbocycles. The summed E-state index contributed by atoms with van der Waals surface area (Å²) in [6.45, 7) is 8.30. The Balaban J connectivity index is 2.38. The predicted octanol–water partition coefficient (Wildman–Crippen LogP) is 1.71. The van der Waals surface area contributed by atoms with Crippen LogP contribution >= 0.6 is 0 Å². The summed E-state index contributed by atoms with van der Waals surface area (Å²) in [5.74, 6) is 0.268. The second-order valence-electron chi connectivity index (χ2n) is 6.21. The minimum absolute atomic E-state index is 0.0647. The van der Waals surface area contributed by atoms with Gasteiger partial charge in [-0.1, -0.05) is 0 Å². The first-order chi connectivity index (χ1) is 8.93. The Labute approximate surface area is 118 Å². The normalized spacial score (nSPS) is 25.7. The minimum Gasteiger partial charge on any atom is -0.336 e. The summed E-state index contributed by atoms with van der Waals surface area (Å²) in [5.41, 5.74) is 0. The van der Waals surface area contributed by atoms with Gasteiger partial charge in [0.1, 0.15) is 0 Å². The Bertz CT molecular complexity index is 271. The van der Waals surface area contributed by atoms with Crippen molar-refractivity contribution < 1.29 is 4.79 Å². The summed E-state index contributed by atoms with van der Waals surface area (Å²) in [4.78, 5) is 16.8. The highest BCUT2D eigenvalue weighted by molar-refractivity contribution is 5.82. The highest BCUT2D eigenvalue weighted by Gasteiger charge is 2.31. The van der Waals surface area contributed by atoms with E-state index in [4.69, 9.17) is 0 Å². The second kappa shape index (κ2) is 7.85. The third-order valence-electron chi connectivity index (χ3n) is 4.05. The van der Waals surface area contributed by atoms with Gasteiger partial charge in [0, 0.05) is 12.1 Å². The largest absolute Gasteiger partial charge is 0.336 e. The van der Waals surface area contributed by atoms with Crippen LogP contribution in [0.25, 0.3) is 0 Å². The van der Waals surface area contributed by atoms with Crippen molar-refractivity contribution in [3.63, 3.8) is 0 Å². The molecular formula is C15H31N3O. The number of hydrogen-bond acceptors (Lipinski definition) is 3. The maximum atomic E-state index is 12.5. The lowest BCUT2D eigenvalue weighted by Crippen LogP contribution is -2.54. The highest BCUT2D eigenvalue weighted by Crippen LogP contribution is 2.23. The van der Waals surface area contributed by atoms with E-state index in [0.717, 1.165) is 32.4 Å². The van der Waals surface area contributed by atoms with Crippen molar-refractivity contribution in [2.45, 2.75) is 64.6 Å². The standard InChI is InChI=1S/C15H31N3O/c1-12-8-6-9-13(2)18(12)15(19)14(3)16-10-7-11-17(4)5/h12-14,16H,6-11H2,1-5H3/t12-,13-,14+/m1/s1. The molecule has 4 heteroatoms. The molecule has 19 heavy (non-hydrogen) atoms. The van der Waals surface area contributed by atoms with E-state index < -0.39 is 0 Å². The summed E-state index contributed by atoms with van der Waals surface area (Å²) in [5, 5.41) is 3.36. The van der Waals surface area contributed by atoms with Gasteiger partial charge in [-0.2, -0.15) is 0 Å². The van der Waals surface area contributed by atoms with E-state index in [-0.39, 0.29) is 11.9 Å². The zero-order valence-corrected chi connectivity index (χ0v) is 13.3. The van der Waals surface area contributed by atoms with Gasteiger partial charge in [-0.05, 0) is 73.6 Å². The van der Waals surface area contributed by atoms with E-state index in [2.05, 4.69) is 43.1 Å². The lowest BCUT2D eigenvalue weighted by molar-refractivity contribution is -0.139.